The first-order valence-corrected chi connectivity index (χ1v) is 8.29. The van der Waals surface area contributed by atoms with E-state index >= 15 is 0 Å². The van der Waals surface area contributed by atoms with Gasteiger partial charge < -0.3 is 14.0 Å². The second-order valence-corrected chi connectivity index (χ2v) is 6.62. The average molecular weight is 345 g/mol. The Morgan fingerprint density at radius 1 is 1.29 bits per heavy atom. The van der Waals surface area contributed by atoms with Crippen molar-refractivity contribution in [1.82, 2.24) is 19.0 Å². The number of aromatic nitrogens is 3. The van der Waals surface area contributed by atoms with Crippen molar-refractivity contribution in [3.05, 3.63) is 53.1 Å². The van der Waals surface area contributed by atoms with E-state index in [2.05, 4.69) is 4.98 Å². The molecule has 0 radical (unpaired) electrons. The molecule has 1 amide bonds. The Labute approximate surface area is 146 Å². The summed E-state index contributed by atoms with van der Waals surface area (Å²) in [5, 5.41) is 0.416. The van der Waals surface area contributed by atoms with Crippen LogP contribution >= 0.6 is 11.6 Å². The number of benzene rings is 1. The van der Waals surface area contributed by atoms with E-state index in [0.29, 0.717) is 17.4 Å². The van der Waals surface area contributed by atoms with Crippen molar-refractivity contribution in [1.29, 1.82) is 0 Å². The summed E-state index contributed by atoms with van der Waals surface area (Å²) in [7, 11) is 3.83. The molecule has 126 valence electrons. The monoisotopic (exact) mass is 344 g/mol. The van der Waals surface area contributed by atoms with Crippen molar-refractivity contribution in [2.24, 2.45) is 14.1 Å². The van der Waals surface area contributed by atoms with Crippen LogP contribution in [0.3, 0.4) is 0 Å². The number of halogens is 1. The molecule has 0 fully saturated rings. The number of nitrogens with zero attached hydrogens (tertiary/aromatic N) is 4. The largest absolute Gasteiger partial charge is 0.353 e. The Hall–Kier alpha value is -2.27. The molecule has 24 heavy (non-hydrogen) atoms. The van der Waals surface area contributed by atoms with E-state index in [1.165, 1.54) is 0 Å². The fraction of sp³-hybridized carbons (Fsp3) is 0.333. The Morgan fingerprint density at radius 2 is 2.04 bits per heavy atom. The van der Waals surface area contributed by atoms with E-state index in [4.69, 9.17) is 11.6 Å². The number of carbonyl (C=O) groups excluding carboxylic acids is 1. The number of amides is 1. The first-order valence-electron chi connectivity index (χ1n) is 7.91. The number of hydrogen-bond acceptors (Lipinski definition) is 2. The Kier molecular flexibility index (Phi) is 4.37. The molecule has 0 bridgehead atoms. The van der Waals surface area contributed by atoms with Crippen LogP contribution < -0.4 is 0 Å². The van der Waals surface area contributed by atoms with Gasteiger partial charge in [-0.25, -0.2) is 4.98 Å². The summed E-state index contributed by atoms with van der Waals surface area (Å²) in [6.07, 6.45) is 1.99. The maximum Gasteiger partial charge on any atom is 0.254 e. The molecule has 2 heterocycles. The zero-order valence-corrected chi connectivity index (χ0v) is 15.1. The standard InChI is InChI=1S/C18H21ClN4O/c1-12(2)23(11-14-6-5-9-21(14)3)17(24)13-7-8-15-16(10-13)22(4)18(19)20-15/h5-10,12H,11H2,1-4H3. The summed E-state index contributed by atoms with van der Waals surface area (Å²) in [6, 6.07) is 9.63. The highest BCUT2D eigenvalue weighted by Crippen LogP contribution is 2.21. The van der Waals surface area contributed by atoms with Crippen LogP contribution in [0.15, 0.2) is 36.5 Å². The summed E-state index contributed by atoms with van der Waals surface area (Å²) in [6.45, 7) is 4.63. The zero-order valence-electron chi connectivity index (χ0n) is 14.3. The molecule has 2 aromatic heterocycles. The van der Waals surface area contributed by atoms with E-state index in [9.17, 15) is 4.79 Å². The van der Waals surface area contributed by atoms with Gasteiger partial charge in [-0.1, -0.05) is 0 Å². The van der Waals surface area contributed by atoms with Crippen LogP contribution in [0.4, 0.5) is 0 Å². The predicted octanol–water partition coefficient (Wildman–Crippen LogP) is 3.62. The zero-order chi connectivity index (χ0) is 17.4. The quantitative estimate of drug-likeness (QED) is 0.725. The van der Waals surface area contributed by atoms with Gasteiger partial charge in [0.15, 0.2) is 0 Å². The van der Waals surface area contributed by atoms with Crippen LogP contribution in [0, 0.1) is 0 Å². The van der Waals surface area contributed by atoms with Gasteiger partial charge in [-0.2, -0.15) is 0 Å². The number of fused-ring (bicyclic) bond motifs is 1. The number of imidazole rings is 1. The van der Waals surface area contributed by atoms with Gasteiger partial charge in [0.1, 0.15) is 0 Å². The molecule has 0 atom stereocenters. The van der Waals surface area contributed by atoms with Crippen molar-refractivity contribution in [2.75, 3.05) is 0 Å². The van der Waals surface area contributed by atoms with Crippen molar-refractivity contribution in [3.8, 4) is 0 Å². The van der Waals surface area contributed by atoms with E-state index in [1.54, 1.807) is 4.57 Å². The normalized spacial score (nSPS) is 11.4. The Bertz CT molecular complexity index is 894. The third kappa shape index (κ3) is 2.91. The number of rotatable bonds is 4. The summed E-state index contributed by atoms with van der Waals surface area (Å²) in [5.74, 6) is 0.00502. The summed E-state index contributed by atoms with van der Waals surface area (Å²) < 4.78 is 3.82. The molecular formula is C18H21ClN4O. The smallest absolute Gasteiger partial charge is 0.254 e. The molecule has 0 aliphatic rings. The van der Waals surface area contributed by atoms with Crippen LogP contribution in [0.1, 0.15) is 29.9 Å². The third-order valence-corrected chi connectivity index (χ3v) is 4.68. The highest BCUT2D eigenvalue weighted by atomic mass is 35.5. The second-order valence-electron chi connectivity index (χ2n) is 6.28. The molecule has 5 nitrogen and oxygen atoms in total. The lowest BCUT2D eigenvalue weighted by atomic mass is 10.1. The topological polar surface area (TPSA) is 43.1 Å². The van der Waals surface area contributed by atoms with Crippen molar-refractivity contribution in [2.45, 2.75) is 26.4 Å². The second kappa shape index (κ2) is 6.32. The summed E-state index contributed by atoms with van der Waals surface area (Å²) in [5.41, 5.74) is 3.39. The Morgan fingerprint density at radius 3 is 2.67 bits per heavy atom. The van der Waals surface area contributed by atoms with Gasteiger partial charge in [-0.15, -0.1) is 0 Å². The van der Waals surface area contributed by atoms with Gasteiger partial charge in [0.05, 0.1) is 17.6 Å². The average Bonchev–Trinajstić information content (AvgIpc) is 3.07. The van der Waals surface area contributed by atoms with Gasteiger partial charge >= 0.3 is 0 Å². The highest BCUT2D eigenvalue weighted by Gasteiger charge is 2.21. The van der Waals surface area contributed by atoms with E-state index in [-0.39, 0.29) is 11.9 Å². The van der Waals surface area contributed by atoms with Gasteiger partial charge in [-0.05, 0) is 55.8 Å². The molecular weight excluding hydrogens is 324 g/mol. The van der Waals surface area contributed by atoms with E-state index in [1.807, 2.05) is 73.9 Å². The Balaban J connectivity index is 1.95. The molecule has 0 aliphatic heterocycles. The molecule has 0 N–H and O–H groups in total. The molecule has 1 aromatic carbocycles. The molecule has 0 unspecified atom stereocenters. The minimum absolute atomic E-state index is 0.00502. The van der Waals surface area contributed by atoms with Crippen LogP contribution in [0.5, 0.6) is 0 Å². The first-order chi connectivity index (χ1) is 11.4. The minimum atomic E-state index is 0.00502. The minimum Gasteiger partial charge on any atom is -0.353 e. The first kappa shape index (κ1) is 16.6. The van der Waals surface area contributed by atoms with Crippen molar-refractivity contribution in [3.63, 3.8) is 0 Å². The number of hydrogen-bond donors (Lipinski definition) is 0. The van der Waals surface area contributed by atoms with Gasteiger partial charge in [-0.3, -0.25) is 4.79 Å². The summed E-state index contributed by atoms with van der Waals surface area (Å²) in [4.78, 5) is 19.2. The third-order valence-electron chi connectivity index (χ3n) is 4.34. The lowest BCUT2D eigenvalue weighted by Crippen LogP contribution is -2.36. The fourth-order valence-electron chi connectivity index (χ4n) is 2.78. The summed E-state index contributed by atoms with van der Waals surface area (Å²) >= 11 is 6.06. The van der Waals surface area contributed by atoms with Crippen molar-refractivity contribution < 1.29 is 4.79 Å². The molecule has 6 heteroatoms. The van der Waals surface area contributed by atoms with Crippen LogP contribution in [-0.2, 0) is 20.6 Å². The van der Waals surface area contributed by atoms with Crippen LogP contribution in [0.2, 0.25) is 5.28 Å². The molecule has 0 aliphatic carbocycles. The maximum atomic E-state index is 13.0. The molecule has 3 rings (SSSR count). The SMILES string of the molecule is CC(C)N(Cc1cccn1C)C(=O)c1ccc2nc(Cl)n(C)c2c1. The molecule has 0 saturated carbocycles. The van der Waals surface area contributed by atoms with Crippen LogP contribution in [0.25, 0.3) is 11.0 Å². The van der Waals surface area contributed by atoms with Crippen molar-refractivity contribution >= 4 is 28.5 Å². The van der Waals surface area contributed by atoms with E-state index in [0.717, 1.165) is 16.7 Å². The predicted molar refractivity (Wildman–Crippen MR) is 96.1 cm³/mol. The molecule has 0 saturated heterocycles. The molecule has 0 spiro atoms. The van der Waals surface area contributed by atoms with Gasteiger partial charge in [0.25, 0.3) is 5.91 Å². The lowest BCUT2D eigenvalue weighted by molar-refractivity contribution is 0.0686. The highest BCUT2D eigenvalue weighted by molar-refractivity contribution is 6.29. The van der Waals surface area contributed by atoms with Crippen LogP contribution in [-0.4, -0.2) is 31.0 Å². The van der Waals surface area contributed by atoms with E-state index < -0.39 is 0 Å². The lowest BCUT2D eigenvalue weighted by Gasteiger charge is -2.27. The number of aryl methyl sites for hydroxylation is 2. The van der Waals surface area contributed by atoms with Gasteiger partial charge in [0.2, 0.25) is 5.28 Å². The molecule has 3 aromatic rings. The fourth-order valence-corrected chi connectivity index (χ4v) is 2.97. The maximum absolute atomic E-state index is 13.0. The van der Waals surface area contributed by atoms with Gasteiger partial charge in [0, 0.05) is 37.6 Å². The number of carbonyl (C=O) groups is 1.